The van der Waals surface area contributed by atoms with Gasteiger partial charge in [-0.2, -0.15) is 0 Å². The van der Waals surface area contributed by atoms with Crippen LogP contribution in [0.25, 0.3) is 44.6 Å². The van der Waals surface area contributed by atoms with Gasteiger partial charge in [-0.05, 0) is 81.1 Å². The van der Waals surface area contributed by atoms with Crippen molar-refractivity contribution < 1.29 is 14.3 Å². The van der Waals surface area contributed by atoms with Gasteiger partial charge < -0.3 is 18.6 Å². The molecule has 2 heterocycles. The second-order valence-corrected chi connectivity index (χ2v) is 12.8. The number of aromatic nitrogens is 4. The molecule has 0 saturated carbocycles. The average molecular weight is 615 g/mol. The molecular weight excluding hydrogens is 572 g/mol. The SMILES string of the molecule is CCCCn1c(-c2ccc3nc(CCC)n(Cc4ccc(-c5ccccc5OC(=O)OC(C)(C)C)cc4)c3c2)nc2ccccc21. The maximum atomic E-state index is 12.4. The molecule has 0 aliphatic carbocycles. The molecule has 6 aromatic rings. The number of unbranched alkanes of at least 4 members (excludes halogenated alkanes) is 1. The molecule has 4 aromatic carbocycles. The smallest absolute Gasteiger partial charge is 0.428 e. The first-order chi connectivity index (χ1) is 22.2. The molecule has 0 unspecified atom stereocenters. The fraction of sp³-hybridized carbons (Fsp3) is 0.308. The number of carbonyl (C=O) groups is 1. The molecule has 7 nitrogen and oxygen atoms in total. The van der Waals surface area contributed by atoms with E-state index in [0.29, 0.717) is 12.3 Å². The Bertz CT molecular complexity index is 1980. The number of benzene rings is 4. The lowest BCUT2D eigenvalue weighted by atomic mass is 10.0. The van der Waals surface area contributed by atoms with Crippen molar-refractivity contribution in [3.8, 4) is 28.3 Å². The number of ether oxygens (including phenoxy) is 2. The third-order valence-electron chi connectivity index (χ3n) is 8.02. The Hall–Kier alpha value is -4.91. The van der Waals surface area contributed by atoms with Gasteiger partial charge in [0.05, 0.1) is 22.1 Å². The summed E-state index contributed by atoms with van der Waals surface area (Å²) in [5.74, 6) is 2.54. The van der Waals surface area contributed by atoms with Crippen LogP contribution in [0.3, 0.4) is 0 Å². The third kappa shape index (κ3) is 6.69. The molecule has 0 bridgehead atoms. The molecule has 6 rings (SSSR count). The van der Waals surface area contributed by atoms with E-state index in [1.807, 2.05) is 39.0 Å². The van der Waals surface area contributed by atoms with Gasteiger partial charge >= 0.3 is 6.16 Å². The lowest BCUT2D eigenvalue weighted by Crippen LogP contribution is -2.26. The number of hydrogen-bond donors (Lipinski definition) is 0. The molecule has 2 aromatic heterocycles. The maximum absolute atomic E-state index is 12.4. The van der Waals surface area contributed by atoms with Crippen LogP contribution >= 0.6 is 0 Å². The average Bonchev–Trinajstić information content (AvgIpc) is 3.57. The summed E-state index contributed by atoms with van der Waals surface area (Å²) in [6.45, 7) is 11.5. The van der Waals surface area contributed by atoms with Crippen LogP contribution in [-0.4, -0.2) is 30.9 Å². The highest BCUT2D eigenvalue weighted by Gasteiger charge is 2.20. The first-order valence-electron chi connectivity index (χ1n) is 16.3. The van der Waals surface area contributed by atoms with Gasteiger partial charge in [0.15, 0.2) is 0 Å². The molecular formula is C39H42N4O3. The Balaban J connectivity index is 1.32. The largest absolute Gasteiger partial charge is 0.514 e. The third-order valence-corrected chi connectivity index (χ3v) is 8.02. The zero-order valence-electron chi connectivity index (χ0n) is 27.4. The van der Waals surface area contributed by atoms with Crippen LogP contribution in [0.4, 0.5) is 4.79 Å². The molecule has 0 amide bonds. The van der Waals surface area contributed by atoms with Gasteiger partial charge in [-0.25, -0.2) is 14.8 Å². The highest BCUT2D eigenvalue weighted by Crippen LogP contribution is 2.32. The van der Waals surface area contributed by atoms with E-state index in [9.17, 15) is 4.79 Å². The van der Waals surface area contributed by atoms with E-state index in [1.165, 1.54) is 5.52 Å². The van der Waals surface area contributed by atoms with E-state index in [-0.39, 0.29) is 0 Å². The highest BCUT2D eigenvalue weighted by molar-refractivity contribution is 5.85. The van der Waals surface area contributed by atoms with Crippen LogP contribution in [0.2, 0.25) is 0 Å². The second-order valence-electron chi connectivity index (χ2n) is 12.8. The first-order valence-corrected chi connectivity index (χ1v) is 16.3. The first kappa shape index (κ1) is 31.1. The van der Waals surface area contributed by atoms with E-state index < -0.39 is 11.8 Å². The summed E-state index contributed by atoms with van der Waals surface area (Å²) in [6, 6.07) is 30.9. The van der Waals surface area contributed by atoms with Crippen molar-refractivity contribution >= 4 is 28.2 Å². The summed E-state index contributed by atoms with van der Waals surface area (Å²) in [7, 11) is 0. The van der Waals surface area contributed by atoms with Crippen LogP contribution in [0.5, 0.6) is 5.75 Å². The van der Waals surface area contributed by atoms with Gasteiger partial charge in [-0.1, -0.05) is 74.9 Å². The zero-order valence-corrected chi connectivity index (χ0v) is 27.4. The minimum atomic E-state index is -0.715. The van der Waals surface area contributed by atoms with E-state index in [1.54, 1.807) is 6.07 Å². The summed E-state index contributed by atoms with van der Waals surface area (Å²) in [4.78, 5) is 22.5. The molecule has 0 aliphatic heterocycles. The van der Waals surface area contributed by atoms with Crippen molar-refractivity contribution in [2.24, 2.45) is 0 Å². The number of nitrogens with zero attached hydrogens (tertiary/aromatic N) is 4. The molecule has 0 aliphatic rings. The quantitative estimate of drug-likeness (QED) is 0.113. The van der Waals surface area contributed by atoms with E-state index >= 15 is 0 Å². The normalized spacial score (nSPS) is 11.8. The number of para-hydroxylation sites is 3. The number of hydrogen-bond acceptors (Lipinski definition) is 5. The molecule has 236 valence electrons. The van der Waals surface area contributed by atoms with Gasteiger partial charge in [-0.3, -0.25) is 0 Å². The van der Waals surface area contributed by atoms with Gasteiger partial charge in [0.25, 0.3) is 0 Å². The van der Waals surface area contributed by atoms with Gasteiger partial charge in [-0.15, -0.1) is 0 Å². The lowest BCUT2D eigenvalue weighted by Gasteiger charge is -2.19. The monoisotopic (exact) mass is 614 g/mol. The second kappa shape index (κ2) is 13.2. The fourth-order valence-corrected chi connectivity index (χ4v) is 5.87. The molecule has 0 radical (unpaired) electrons. The number of imidazole rings is 2. The number of rotatable bonds is 10. The summed E-state index contributed by atoms with van der Waals surface area (Å²) < 4.78 is 15.7. The topological polar surface area (TPSA) is 71.2 Å². The van der Waals surface area contributed by atoms with Crippen LogP contribution in [-0.2, 0) is 24.2 Å². The van der Waals surface area contributed by atoms with Crippen molar-refractivity contribution in [2.75, 3.05) is 0 Å². The summed E-state index contributed by atoms with van der Waals surface area (Å²) in [5, 5.41) is 0. The van der Waals surface area contributed by atoms with Crippen LogP contribution in [0.1, 0.15) is 65.3 Å². The molecule has 0 atom stereocenters. The van der Waals surface area contributed by atoms with Crippen molar-refractivity contribution in [2.45, 2.75) is 79.0 Å². The Morgan fingerprint density at radius 3 is 2.24 bits per heavy atom. The molecule has 0 saturated heterocycles. The van der Waals surface area contributed by atoms with E-state index in [0.717, 1.165) is 82.7 Å². The molecule has 0 fully saturated rings. The molecule has 0 spiro atoms. The Labute approximate surface area is 270 Å². The lowest BCUT2D eigenvalue weighted by molar-refractivity contribution is 0.0207. The molecule has 46 heavy (non-hydrogen) atoms. The highest BCUT2D eigenvalue weighted by atomic mass is 16.7. The fourth-order valence-electron chi connectivity index (χ4n) is 5.87. The Kier molecular flexibility index (Phi) is 8.93. The minimum absolute atomic E-state index is 0.466. The maximum Gasteiger partial charge on any atom is 0.514 e. The van der Waals surface area contributed by atoms with Crippen LogP contribution in [0.15, 0.2) is 91.0 Å². The van der Waals surface area contributed by atoms with Crippen molar-refractivity contribution in [1.29, 1.82) is 0 Å². The van der Waals surface area contributed by atoms with Crippen LogP contribution in [0, 0.1) is 0 Å². The van der Waals surface area contributed by atoms with Crippen molar-refractivity contribution in [1.82, 2.24) is 19.1 Å². The van der Waals surface area contributed by atoms with E-state index in [2.05, 4.69) is 89.7 Å². The number of fused-ring (bicyclic) bond motifs is 2. The van der Waals surface area contributed by atoms with Crippen LogP contribution < -0.4 is 4.74 Å². The van der Waals surface area contributed by atoms with E-state index in [4.69, 9.17) is 19.4 Å². The predicted octanol–water partition coefficient (Wildman–Crippen LogP) is 9.83. The van der Waals surface area contributed by atoms with Gasteiger partial charge in [0.1, 0.15) is 23.0 Å². The Morgan fingerprint density at radius 1 is 0.761 bits per heavy atom. The number of aryl methyl sites for hydroxylation is 2. The molecule has 0 N–H and O–H groups in total. The van der Waals surface area contributed by atoms with Crippen molar-refractivity contribution in [3.63, 3.8) is 0 Å². The Morgan fingerprint density at radius 2 is 1.48 bits per heavy atom. The summed E-state index contributed by atoms with van der Waals surface area (Å²) in [6.07, 6.45) is 3.41. The predicted molar refractivity (Wildman–Crippen MR) is 185 cm³/mol. The van der Waals surface area contributed by atoms with Crippen molar-refractivity contribution in [3.05, 3.63) is 102 Å². The van der Waals surface area contributed by atoms with Gasteiger partial charge in [0.2, 0.25) is 0 Å². The summed E-state index contributed by atoms with van der Waals surface area (Å²) in [5.41, 5.74) is 7.70. The number of carbonyl (C=O) groups excluding carboxylic acids is 1. The minimum Gasteiger partial charge on any atom is -0.428 e. The summed E-state index contributed by atoms with van der Waals surface area (Å²) >= 11 is 0. The zero-order chi connectivity index (χ0) is 32.3. The van der Waals surface area contributed by atoms with Gasteiger partial charge in [0, 0.05) is 30.6 Å². The standard InChI is InChI=1S/C39H42N4O3/c1-6-8-24-42-33-16-11-10-15-31(33)41-37(42)29-22-23-32-34(25-29)43(36(40-32)13-7-2)26-27-18-20-28(21-19-27)30-14-9-12-17-35(30)45-38(44)46-39(3,4)5/h9-12,14-23,25H,6-8,13,24,26H2,1-5H3. The molecule has 7 heteroatoms.